The van der Waals surface area contributed by atoms with E-state index in [0.29, 0.717) is 17.0 Å². The van der Waals surface area contributed by atoms with Crippen LogP contribution in [-0.4, -0.2) is 29.6 Å². The lowest BCUT2D eigenvalue weighted by Gasteiger charge is -2.31. The Bertz CT molecular complexity index is 1090. The molecule has 1 unspecified atom stereocenters. The minimum atomic E-state index is -0.862. The number of carbonyl (C=O) groups is 2. The maximum absolute atomic E-state index is 13.4. The Morgan fingerprint density at radius 1 is 1.09 bits per heavy atom. The lowest BCUT2D eigenvalue weighted by atomic mass is 9.80. The quantitative estimate of drug-likeness (QED) is 0.230. The van der Waals surface area contributed by atoms with Crippen molar-refractivity contribution in [2.45, 2.75) is 64.9 Å². The number of nitro groups is 1. The summed E-state index contributed by atoms with van der Waals surface area (Å²) in [5.74, 6) is -1.99. The van der Waals surface area contributed by atoms with Gasteiger partial charge in [-0.2, -0.15) is 0 Å². The number of non-ortho nitro benzene ring substituents is 1. The van der Waals surface area contributed by atoms with Crippen molar-refractivity contribution >= 4 is 17.6 Å². The molecule has 8 nitrogen and oxygen atoms in total. The number of nitrogens with zero attached hydrogens (tertiary/aromatic N) is 1. The normalized spacial score (nSPS) is 19.2. The van der Waals surface area contributed by atoms with Gasteiger partial charge in [0.25, 0.3) is 5.69 Å². The van der Waals surface area contributed by atoms with Crippen LogP contribution in [0.3, 0.4) is 0 Å². The fraction of sp³-hybridized carbons (Fsp3) is 0.407. The highest BCUT2D eigenvalue weighted by Gasteiger charge is 2.39. The van der Waals surface area contributed by atoms with Crippen molar-refractivity contribution in [3.63, 3.8) is 0 Å². The number of benzene rings is 1. The zero-order chi connectivity index (χ0) is 25.4. The van der Waals surface area contributed by atoms with Gasteiger partial charge in [0.15, 0.2) is 0 Å². The van der Waals surface area contributed by atoms with Crippen LogP contribution in [-0.2, 0) is 19.1 Å². The van der Waals surface area contributed by atoms with E-state index >= 15 is 0 Å². The molecule has 35 heavy (non-hydrogen) atoms. The van der Waals surface area contributed by atoms with Gasteiger partial charge in [0, 0.05) is 23.5 Å². The molecule has 1 aromatic carbocycles. The van der Waals surface area contributed by atoms with Gasteiger partial charge in [-0.1, -0.05) is 36.8 Å². The topological polar surface area (TPSA) is 108 Å². The highest BCUT2D eigenvalue weighted by Crippen LogP contribution is 2.40. The van der Waals surface area contributed by atoms with Crippen LogP contribution in [0.1, 0.15) is 64.4 Å². The number of hydrogen-bond donors (Lipinski definition) is 1. The zero-order valence-electron chi connectivity index (χ0n) is 20.4. The van der Waals surface area contributed by atoms with E-state index in [9.17, 15) is 19.7 Å². The lowest BCUT2D eigenvalue weighted by Crippen LogP contribution is -2.34. The first-order valence-corrected chi connectivity index (χ1v) is 11.9. The molecule has 0 saturated heterocycles. The third-order valence-corrected chi connectivity index (χ3v) is 6.19. The summed E-state index contributed by atoms with van der Waals surface area (Å²) in [6.45, 7) is 5.40. The Morgan fingerprint density at radius 3 is 2.43 bits per heavy atom. The first kappa shape index (κ1) is 25.9. The summed E-state index contributed by atoms with van der Waals surface area (Å²) in [6.07, 6.45) is 11.7. The fourth-order valence-electron chi connectivity index (χ4n) is 4.53. The fourth-order valence-corrected chi connectivity index (χ4v) is 4.53. The number of hydrogen-bond acceptors (Lipinski definition) is 7. The van der Waals surface area contributed by atoms with Crippen LogP contribution in [0.15, 0.2) is 71.1 Å². The van der Waals surface area contributed by atoms with Crippen molar-refractivity contribution in [1.29, 1.82) is 0 Å². The Kier molecular flexibility index (Phi) is 9.00. The summed E-state index contributed by atoms with van der Waals surface area (Å²) in [5, 5.41) is 14.6. The molecular formula is C27H32N2O6. The standard InChI is InChI=1S/C27H32N2O6/c1-4-5-6-10-16-34-26(30)23-18(2)28-19(3)24(27(31)35-22-14-8-7-9-15-22)25(23)20-12-11-13-21(17-20)29(32)33/h4-6,10-13,17,22,25,28H,7-9,14-16H2,1-3H3. The second-order valence-electron chi connectivity index (χ2n) is 8.71. The average molecular weight is 481 g/mol. The minimum Gasteiger partial charge on any atom is -0.459 e. The zero-order valence-corrected chi connectivity index (χ0v) is 20.4. The van der Waals surface area contributed by atoms with E-state index in [0.717, 1.165) is 32.1 Å². The number of ether oxygens (including phenoxy) is 2. The van der Waals surface area contributed by atoms with Crippen molar-refractivity contribution < 1.29 is 24.0 Å². The number of esters is 2. The van der Waals surface area contributed by atoms with E-state index in [1.807, 2.05) is 19.1 Å². The first-order chi connectivity index (χ1) is 16.8. The summed E-state index contributed by atoms with van der Waals surface area (Å²) < 4.78 is 11.3. The van der Waals surface area contributed by atoms with Gasteiger partial charge < -0.3 is 14.8 Å². The molecule has 3 rings (SSSR count). The van der Waals surface area contributed by atoms with Gasteiger partial charge in [-0.3, -0.25) is 10.1 Å². The van der Waals surface area contributed by atoms with Crippen molar-refractivity contribution in [3.8, 4) is 0 Å². The molecule has 0 spiro atoms. The Morgan fingerprint density at radius 2 is 1.77 bits per heavy atom. The van der Waals surface area contributed by atoms with Crippen molar-refractivity contribution in [1.82, 2.24) is 5.32 Å². The lowest BCUT2D eigenvalue weighted by molar-refractivity contribution is -0.384. The van der Waals surface area contributed by atoms with Crippen LogP contribution < -0.4 is 5.32 Å². The molecule has 0 aromatic heterocycles. The highest BCUT2D eigenvalue weighted by atomic mass is 16.6. The molecule has 1 fully saturated rings. The van der Waals surface area contributed by atoms with Crippen LogP contribution in [0.25, 0.3) is 0 Å². The molecule has 1 atom stereocenters. The second kappa shape index (κ2) is 12.1. The van der Waals surface area contributed by atoms with Gasteiger partial charge in [-0.05, 0) is 58.1 Å². The van der Waals surface area contributed by atoms with E-state index in [2.05, 4.69) is 5.32 Å². The predicted molar refractivity (Wildman–Crippen MR) is 132 cm³/mol. The number of carbonyl (C=O) groups excluding carboxylic acids is 2. The van der Waals surface area contributed by atoms with E-state index in [1.165, 1.54) is 12.1 Å². The molecule has 1 aliphatic heterocycles. The summed E-state index contributed by atoms with van der Waals surface area (Å²) in [5.41, 5.74) is 1.88. The van der Waals surface area contributed by atoms with E-state index in [4.69, 9.17) is 9.47 Å². The summed E-state index contributed by atoms with van der Waals surface area (Å²) in [7, 11) is 0. The maximum Gasteiger partial charge on any atom is 0.337 e. The van der Waals surface area contributed by atoms with Crippen LogP contribution in [0, 0.1) is 10.1 Å². The minimum absolute atomic E-state index is 0.0478. The first-order valence-electron chi connectivity index (χ1n) is 11.9. The molecule has 0 amide bonds. The van der Waals surface area contributed by atoms with Crippen LogP contribution >= 0.6 is 0 Å². The molecule has 1 heterocycles. The molecule has 2 aliphatic rings. The molecule has 186 valence electrons. The molecule has 0 bridgehead atoms. The van der Waals surface area contributed by atoms with E-state index in [-0.39, 0.29) is 29.5 Å². The third-order valence-electron chi connectivity index (χ3n) is 6.19. The molecule has 8 heteroatoms. The van der Waals surface area contributed by atoms with E-state index in [1.54, 1.807) is 38.1 Å². The van der Waals surface area contributed by atoms with Gasteiger partial charge in [0.05, 0.1) is 22.0 Å². The Labute approximate surface area is 205 Å². The van der Waals surface area contributed by atoms with Crippen molar-refractivity contribution in [2.24, 2.45) is 0 Å². The smallest absolute Gasteiger partial charge is 0.337 e. The number of nitro benzene ring substituents is 1. The largest absolute Gasteiger partial charge is 0.459 e. The van der Waals surface area contributed by atoms with Crippen LogP contribution in [0.5, 0.6) is 0 Å². The monoisotopic (exact) mass is 480 g/mol. The average Bonchev–Trinajstić information content (AvgIpc) is 2.83. The summed E-state index contributed by atoms with van der Waals surface area (Å²) in [6, 6.07) is 6.00. The van der Waals surface area contributed by atoms with Crippen LogP contribution in [0.2, 0.25) is 0 Å². The number of allylic oxidation sites excluding steroid dienone is 5. The number of dihydropyridines is 1. The molecule has 1 aromatic rings. The molecule has 1 N–H and O–H groups in total. The maximum atomic E-state index is 13.4. The van der Waals surface area contributed by atoms with Gasteiger partial charge in [-0.15, -0.1) is 0 Å². The van der Waals surface area contributed by atoms with Gasteiger partial charge in [0.2, 0.25) is 0 Å². The summed E-state index contributed by atoms with van der Waals surface area (Å²) >= 11 is 0. The predicted octanol–water partition coefficient (Wildman–Crippen LogP) is 5.38. The molecular weight excluding hydrogens is 448 g/mol. The van der Waals surface area contributed by atoms with E-state index < -0.39 is 22.8 Å². The Balaban J connectivity index is 2.00. The van der Waals surface area contributed by atoms with Crippen molar-refractivity contribution in [3.05, 3.63) is 86.8 Å². The molecule has 1 saturated carbocycles. The highest BCUT2D eigenvalue weighted by molar-refractivity contribution is 6.00. The number of nitrogens with one attached hydrogen (secondary N) is 1. The third kappa shape index (κ3) is 6.47. The molecule has 0 radical (unpaired) electrons. The van der Waals surface area contributed by atoms with Gasteiger partial charge in [-0.25, -0.2) is 9.59 Å². The SMILES string of the molecule is CC=CC=CCOC(=O)C1=C(C)NC(C)=C(C(=O)OC2CCCCC2)C1c1cccc([N+](=O)[O-])c1. The van der Waals surface area contributed by atoms with Crippen LogP contribution in [0.4, 0.5) is 5.69 Å². The molecule has 1 aliphatic carbocycles. The second-order valence-corrected chi connectivity index (χ2v) is 8.71. The summed E-state index contributed by atoms with van der Waals surface area (Å²) in [4.78, 5) is 37.6. The Hall–Kier alpha value is -3.68. The number of rotatable bonds is 8. The van der Waals surface area contributed by atoms with Gasteiger partial charge in [0.1, 0.15) is 12.7 Å². The van der Waals surface area contributed by atoms with Gasteiger partial charge >= 0.3 is 11.9 Å². The van der Waals surface area contributed by atoms with Crippen molar-refractivity contribution in [2.75, 3.05) is 6.61 Å².